The van der Waals surface area contributed by atoms with E-state index >= 15 is 0 Å². The Morgan fingerprint density at radius 1 is 1.40 bits per heavy atom. The van der Waals surface area contributed by atoms with E-state index in [-0.39, 0.29) is 11.9 Å². The molecule has 2 N–H and O–H groups in total. The number of hydrogen-bond donors (Lipinski definition) is 1. The first kappa shape index (κ1) is 12.7. The summed E-state index contributed by atoms with van der Waals surface area (Å²) >= 11 is 0. The molecule has 6 nitrogen and oxygen atoms in total. The summed E-state index contributed by atoms with van der Waals surface area (Å²) in [6.45, 7) is 0.848. The maximum absolute atomic E-state index is 11.4. The predicted molar refractivity (Wildman–Crippen MR) is 76.0 cm³/mol. The van der Waals surface area contributed by atoms with Gasteiger partial charge in [-0.15, -0.1) is 0 Å². The van der Waals surface area contributed by atoms with E-state index in [0.717, 1.165) is 36.5 Å². The number of carbonyl (C=O) groups is 1. The van der Waals surface area contributed by atoms with E-state index in [1.165, 1.54) is 0 Å². The molecule has 0 aromatic carbocycles. The highest BCUT2D eigenvalue weighted by Crippen LogP contribution is 2.26. The quantitative estimate of drug-likeness (QED) is 0.901. The normalized spacial score (nSPS) is 18.4. The van der Waals surface area contributed by atoms with Crippen molar-refractivity contribution in [1.82, 2.24) is 14.8 Å². The van der Waals surface area contributed by atoms with Crippen LogP contribution in [0.2, 0.25) is 0 Å². The zero-order chi connectivity index (χ0) is 14.1. The molecule has 0 radical (unpaired) electrons. The molecule has 1 aliphatic heterocycles. The van der Waals surface area contributed by atoms with Crippen molar-refractivity contribution in [2.75, 3.05) is 11.4 Å². The number of nitrogens with zero attached hydrogens (tertiary/aromatic N) is 4. The molecule has 1 aliphatic rings. The van der Waals surface area contributed by atoms with Crippen molar-refractivity contribution >= 4 is 11.6 Å². The Morgan fingerprint density at radius 2 is 2.25 bits per heavy atom. The summed E-state index contributed by atoms with van der Waals surface area (Å²) < 4.78 is 1.78. The van der Waals surface area contributed by atoms with Gasteiger partial charge in [-0.25, -0.2) is 0 Å². The van der Waals surface area contributed by atoms with Gasteiger partial charge in [0.2, 0.25) is 5.91 Å². The van der Waals surface area contributed by atoms with Gasteiger partial charge in [0.05, 0.1) is 23.3 Å². The van der Waals surface area contributed by atoms with Crippen LogP contribution in [-0.4, -0.2) is 33.3 Å². The van der Waals surface area contributed by atoms with Crippen LogP contribution in [0.15, 0.2) is 30.6 Å². The number of nitrogens with two attached hydrogens (primary N) is 1. The molecule has 0 spiro atoms. The molecule has 3 rings (SSSR count). The highest BCUT2D eigenvalue weighted by molar-refractivity contribution is 5.84. The van der Waals surface area contributed by atoms with Gasteiger partial charge in [-0.05, 0) is 31.0 Å². The number of carbonyl (C=O) groups excluding carboxylic acids is 1. The van der Waals surface area contributed by atoms with E-state index in [9.17, 15) is 4.79 Å². The minimum atomic E-state index is -0.266. The minimum Gasteiger partial charge on any atom is -0.368 e. The summed E-state index contributed by atoms with van der Waals surface area (Å²) in [7, 11) is 1.88. The molecule has 0 bridgehead atoms. The van der Waals surface area contributed by atoms with Gasteiger partial charge in [-0.1, -0.05) is 0 Å². The molecule has 2 aromatic heterocycles. The smallest absolute Gasteiger partial charge is 0.240 e. The van der Waals surface area contributed by atoms with Gasteiger partial charge in [0.1, 0.15) is 6.04 Å². The summed E-state index contributed by atoms with van der Waals surface area (Å²) in [5.74, 6) is -0.266. The average molecular weight is 271 g/mol. The number of amides is 1. The van der Waals surface area contributed by atoms with E-state index in [2.05, 4.69) is 10.1 Å². The number of rotatable bonds is 3. The SMILES string of the molecule is Cn1nccc1-c1ccc(N2CCCC2C(N)=O)cn1. The summed E-state index contributed by atoms with van der Waals surface area (Å²) in [5, 5.41) is 4.13. The molecular weight excluding hydrogens is 254 g/mol. The van der Waals surface area contributed by atoms with Crippen LogP contribution in [0.4, 0.5) is 5.69 Å². The molecule has 104 valence electrons. The van der Waals surface area contributed by atoms with Gasteiger partial charge in [0, 0.05) is 19.8 Å². The molecule has 0 aliphatic carbocycles. The summed E-state index contributed by atoms with van der Waals surface area (Å²) in [6, 6.07) is 5.64. The standard InChI is InChI=1S/C14H17N5O/c1-18-12(6-7-17-18)11-5-4-10(9-16-11)19-8-2-3-13(19)14(15)20/h4-7,9,13H,2-3,8H2,1H3,(H2,15,20). The second-order valence-electron chi connectivity index (χ2n) is 5.00. The zero-order valence-corrected chi connectivity index (χ0v) is 11.4. The lowest BCUT2D eigenvalue weighted by Gasteiger charge is -2.24. The number of aryl methyl sites for hydroxylation is 1. The molecule has 6 heteroatoms. The zero-order valence-electron chi connectivity index (χ0n) is 11.4. The molecule has 1 unspecified atom stereocenters. The Kier molecular flexibility index (Phi) is 3.14. The second-order valence-corrected chi connectivity index (χ2v) is 5.00. The van der Waals surface area contributed by atoms with Crippen molar-refractivity contribution in [2.24, 2.45) is 12.8 Å². The summed E-state index contributed by atoms with van der Waals surface area (Å²) in [4.78, 5) is 17.9. The first-order valence-electron chi connectivity index (χ1n) is 6.67. The minimum absolute atomic E-state index is 0.209. The number of anilines is 1. The largest absolute Gasteiger partial charge is 0.368 e. The number of hydrogen-bond acceptors (Lipinski definition) is 4. The third-order valence-electron chi connectivity index (χ3n) is 3.74. The molecule has 1 amide bonds. The molecule has 2 aromatic rings. The molecular formula is C14H17N5O. The fourth-order valence-corrected chi connectivity index (χ4v) is 2.70. The van der Waals surface area contributed by atoms with Gasteiger partial charge in [0.25, 0.3) is 0 Å². The van der Waals surface area contributed by atoms with Crippen molar-refractivity contribution in [3.63, 3.8) is 0 Å². The Labute approximate surface area is 117 Å². The van der Waals surface area contributed by atoms with Crippen LogP contribution < -0.4 is 10.6 Å². The summed E-state index contributed by atoms with van der Waals surface area (Å²) in [5.41, 5.74) is 8.21. The van der Waals surface area contributed by atoms with Gasteiger partial charge >= 0.3 is 0 Å². The van der Waals surface area contributed by atoms with Crippen LogP contribution in [-0.2, 0) is 11.8 Å². The molecule has 1 fully saturated rings. The van der Waals surface area contributed by atoms with Crippen molar-refractivity contribution in [1.29, 1.82) is 0 Å². The third-order valence-corrected chi connectivity index (χ3v) is 3.74. The molecule has 1 saturated heterocycles. The van der Waals surface area contributed by atoms with Crippen LogP contribution in [0.5, 0.6) is 0 Å². The van der Waals surface area contributed by atoms with Crippen LogP contribution in [0.3, 0.4) is 0 Å². The van der Waals surface area contributed by atoms with Gasteiger partial charge in [-0.2, -0.15) is 5.10 Å². The predicted octanol–water partition coefficient (Wildman–Crippen LogP) is 0.936. The van der Waals surface area contributed by atoms with Crippen LogP contribution in [0, 0.1) is 0 Å². The molecule has 20 heavy (non-hydrogen) atoms. The van der Waals surface area contributed by atoms with Crippen LogP contribution >= 0.6 is 0 Å². The first-order chi connectivity index (χ1) is 9.66. The lowest BCUT2D eigenvalue weighted by atomic mass is 10.2. The Bertz CT molecular complexity index is 619. The van der Waals surface area contributed by atoms with Crippen molar-refractivity contribution in [3.05, 3.63) is 30.6 Å². The highest BCUT2D eigenvalue weighted by atomic mass is 16.1. The second kappa shape index (κ2) is 4.96. The highest BCUT2D eigenvalue weighted by Gasteiger charge is 2.29. The Hall–Kier alpha value is -2.37. The van der Waals surface area contributed by atoms with E-state index in [4.69, 9.17) is 5.73 Å². The fourth-order valence-electron chi connectivity index (χ4n) is 2.70. The first-order valence-corrected chi connectivity index (χ1v) is 6.67. The van der Waals surface area contributed by atoms with Crippen molar-refractivity contribution in [3.8, 4) is 11.4 Å². The maximum atomic E-state index is 11.4. The fraction of sp³-hybridized carbons (Fsp3) is 0.357. The number of primary amides is 1. The Balaban J connectivity index is 1.86. The van der Waals surface area contributed by atoms with Gasteiger partial charge in [-0.3, -0.25) is 14.5 Å². The van der Waals surface area contributed by atoms with Gasteiger partial charge in [0.15, 0.2) is 0 Å². The third kappa shape index (κ3) is 2.13. The molecule has 3 heterocycles. The topological polar surface area (TPSA) is 77.0 Å². The Morgan fingerprint density at radius 3 is 2.85 bits per heavy atom. The van der Waals surface area contributed by atoms with E-state index in [1.807, 2.05) is 30.1 Å². The van der Waals surface area contributed by atoms with E-state index < -0.39 is 0 Å². The van der Waals surface area contributed by atoms with E-state index in [1.54, 1.807) is 17.1 Å². The monoisotopic (exact) mass is 271 g/mol. The van der Waals surface area contributed by atoms with Crippen LogP contribution in [0.1, 0.15) is 12.8 Å². The molecule has 1 atom stereocenters. The number of pyridine rings is 1. The summed E-state index contributed by atoms with van der Waals surface area (Å²) in [6.07, 6.45) is 5.34. The van der Waals surface area contributed by atoms with Crippen molar-refractivity contribution < 1.29 is 4.79 Å². The lowest BCUT2D eigenvalue weighted by Crippen LogP contribution is -2.40. The van der Waals surface area contributed by atoms with E-state index in [0.29, 0.717) is 0 Å². The van der Waals surface area contributed by atoms with Gasteiger partial charge < -0.3 is 10.6 Å². The maximum Gasteiger partial charge on any atom is 0.240 e. The van der Waals surface area contributed by atoms with Crippen molar-refractivity contribution in [2.45, 2.75) is 18.9 Å². The molecule has 0 saturated carbocycles. The van der Waals surface area contributed by atoms with Crippen LogP contribution in [0.25, 0.3) is 11.4 Å². The average Bonchev–Trinajstić information content (AvgIpc) is 3.07. The number of aromatic nitrogens is 3. The lowest BCUT2D eigenvalue weighted by molar-refractivity contribution is -0.119.